The topological polar surface area (TPSA) is 38.0 Å². The predicted octanol–water partition coefficient (Wildman–Crippen LogP) is 4.36. The first-order chi connectivity index (χ1) is 9.61. The number of nitrogens with one attached hydrogen (secondary N) is 1. The summed E-state index contributed by atoms with van der Waals surface area (Å²) in [5.41, 5.74) is 6.83. The van der Waals surface area contributed by atoms with Crippen LogP contribution < -0.4 is 11.3 Å². The minimum Gasteiger partial charge on any atom is -0.271 e. The molecule has 0 radical (unpaired) electrons. The molecule has 0 heterocycles. The van der Waals surface area contributed by atoms with E-state index in [1.807, 2.05) is 11.8 Å². The SMILES string of the molecule is Cc1cccc(C(CSc2ccc(Br)cc2)NN)c1C. The average Bonchev–Trinajstić information content (AvgIpc) is 2.45. The zero-order valence-corrected chi connectivity index (χ0v) is 14.1. The highest BCUT2D eigenvalue weighted by molar-refractivity contribution is 9.10. The van der Waals surface area contributed by atoms with Crippen LogP contribution in [0.5, 0.6) is 0 Å². The molecule has 1 unspecified atom stereocenters. The van der Waals surface area contributed by atoms with Gasteiger partial charge in [0.05, 0.1) is 6.04 Å². The van der Waals surface area contributed by atoms with E-state index in [4.69, 9.17) is 5.84 Å². The molecule has 2 rings (SSSR count). The van der Waals surface area contributed by atoms with Crippen molar-refractivity contribution in [1.82, 2.24) is 5.43 Å². The Bertz CT molecular complexity index is 569. The van der Waals surface area contributed by atoms with Crippen LogP contribution in [0.25, 0.3) is 0 Å². The summed E-state index contributed by atoms with van der Waals surface area (Å²) in [7, 11) is 0. The summed E-state index contributed by atoms with van der Waals surface area (Å²) in [5.74, 6) is 6.65. The molecule has 20 heavy (non-hydrogen) atoms. The molecule has 106 valence electrons. The van der Waals surface area contributed by atoms with E-state index in [9.17, 15) is 0 Å². The van der Waals surface area contributed by atoms with Gasteiger partial charge in [0.1, 0.15) is 0 Å². The Balaban J connectivity index is 2.09. The number of hydrazine groups is 1. The Kier molecular flexibility index (Phi) is 5.66. The van der Waals surface area contributed by atoms with E-state index in [1.54, 1.807) is 0 Å². The Morgan fingerprint density at radius 2 is 1.85 bits per heavy atom. The van der Waals surface area contributed by atoms with Crippen LogP contribution in [0.4, 0.5) is 0 Å². The van der Waals surface area contributed by atoms with Gasteiger partial charge in [0, 0.05) is 15.1 Å². The van der Waals surface area contributed by atoms with Crippen LogP contribution in [0.1, 0.15) is 22.7 Å². The lowest BCUT2D eigenvalue weighted by molar-refractivity contribution is 0.607. The number of hydrogen-bond acceptors (Lipinski definition) is 3. The number of thioether (sulfide) groups is 1. The summed E-state index contributed by atoms with van der Waals surface area (Å²) in [6.07, 6.45) is 0. The number of hydrogen-bond donors (Lipinski definition) is 2. The molecule has 3 N–H and O–H groups in total. The average molecular weight is 351 g/mol. The van der Waals surface area contributed by atoms with Gasteiger partial charge in [-0.3, -0.25) is 11.3 Å². The summed E-state index contributed by atoms with van der Waals surface area (Å²) in [6.45, 7) is 4.29. The first-order valence-electron chi connectivity index (χ1n) is 6.52. The van der Waals surface area contributed by atoms with Crippen LogP contribution in [-0.2, 0) is 0 Å². The summed E-state index contributed by atoms with van der Waals surface area (Å²) in [6, 6.07) is 14.9. The zero-order chi connectivity index (χ0) is 14.5. The normalized spacial score (nSPS) is 12.4. The minimum atomic E-state index is 0.156. The standard InChI is InChI=1S/C16H19BrN2S/c1-11-4-3-5-15(12(11)2)16(19-18)10-20-14-8-6-13(17)7-9-14/h3-9,16,19H,10,18H2,1-2H3. The third-order valence-electron chi connectivity index (χ3n) is 3.45. The molecule has 0 aliphatic heterocycles. The molecule has 0 aromatic heterocycles. The van der Waals surface area contributed by atoms with E-state index in [0.717, 1.165) is 10.2 Å². The van der Waals surface area contributed by atoms with Gasteiger partial charge in [-0.05, 0) is 54.8 Å². The van der Waals surface area contributed by atoms with E-state index in [2.05, 4.69) is 77.7 Å². The molecule has 0 bridgehead atoms. The molecule has 0 saturated carbocycles. The largest absolute Gasteiger partial charge is 0.271 e. The van der Waals surface area contributed by atoms with Crippen molar-refractivity contribution in [2.45, 2.75) is 24.8 Å². The van der Waals surface area contributed by atoms with Crippen molar-refractivity contribution in [2.24, 2.45) is 5.84 Å². The van der Waals surface area contributed by atoms with Crippen LogP contribution in [0.2, 0.25) is 0 Å². The van der Waals surface area contributed by atoms with Gasteiger partial charge in [-0.1, -0.05) is 34.1 Å². The van der Waals surface area contributed by atoms with Gasteiger partial charge in [-0.2, -0.15) is 0 Å². The molecule has 0 spiro atoms. The first-order valence-corrected chi connectivity index (χ1v) is 8.30. The lowest BCUT2D eigenvalue weighted by Crippen LogP contribution is -2.30. The van der Waals surface area contributed by atoms with Crippen LogP contribution in [-0.4, -0.2) is 5.75 Å². The molecule has 2 aromatic carbocycles. The fourth-order valence-electron chi connectivity index (χ4n) is 2.09. The van der Waals surface area contributed by atoms with E-state index in [0.29, 0.717) is 0 Å². The maximum absolute atomic E-state index is 5.74. The van der Waals surface area contributed by atoms with Crippen LogP contribution >= 0.6 is 27.7 Å². The molecule has 1 atom stereocenters. The lowest BCUT2D eigenvalue weighted by Gasteiger charge is -2.19. The molecule has 0 aliphatic carbocycles. The zero-order valence-electron chi connectivity index (χ0n) is 11.7. The molecular weight excluding hydrogens is 332 g/mol. The maximum atomic E-state index is 5.74. The van der Waals surface area contributed by atoms with Crippen LogP contribution in [0.15, 0.2) is 51.8 Å². The Labute approximate surface area is 133 Å². The van der Waals surface area contributed by atoms with E-state index < -0.39 is 0 Å². The number of halogens is 1. The van der Waals surface area contributed by atoms with Crippen molar-refractivity contribution < 1.29 is 0 Å². The highest BCUT2D eigenvalue weighted by atomic mass is 79.9. The molecule has 0 amide bonds. The molecule has 2 nitrogen and oxygen atoms in total. The second-order valence-electron chi connectivity index (χ2n) is 4.77. The molecule has 4 heteroatoms. The lowest BCUT2D eigenvalue weighted by atomic mass is 9.99. The third kappa shape index (κ3) is 3.85. The molecule has 0 aliphatic rings. The van der Waals surface area contributed by atoms with Crippen molar-refractivity contribution in [2.75, 3.05) is 5.75 Å². The van der Waals surface area contributed by atoms with Gasteiger partial charge in [0.2, 0.25) is 0 Å². The number of benzene rings is 2. The second kappa shape index (κ2) is 7.27. The maximum Gasteiger partial charge on any atom is 0.0556 e. The number of aryl methyl sites for hydroxylation is 1. The van der Waals surface area contributed by atoms with Gasteiger partial charge in [-0.15, -0.1) is 11.8 Å². The third-order valence-corrected chi connectivity index (χ3v) is 5.09. The van der Waals surface area contributed by atoms with Crippen LogP contribution in [0.3, 0.4) is 0 Å². The second-order valence-corrected chi connectivity index (χ2v) is 6.78. The minimum absolute atomic E-state index is 0.156. The smallest absolute Gasteiger partial charge is 0.0556 e. The van der Waals surface area contributed by atoms with E-state index in [-0.39, 0.29) is 6.04 Å². The predicted molar refractivity (Wildman–Crippen MR) is 90.8 cm³/mol. The molecule has 2 aromatic rings. The summed E-state index contributed by atoms with van der Waals surface area (Å²) < 4.78 is 1.10. The highest BCUT2D eigenvalue weighted by Crippen LogP contribution is 2.27. The number of rotatable bonds is 5. The molecular formula is C16H19BrN2S. The van der Waals surface area contributed by atoms with Gasteiger partial charge >= 0.3 is 0 Å². The summed E-state index contributed by atoms with van der Waals surface area (Å²) in [4.78, 5) is 1.25. The van der Waals surface area contributed by atoms with E-state index in [1.165, 1.54) is 21.6 Å². The van der Waals surface area contributed by atoms with Crippen molar-refractivity contribution in [1.29, 1.82) is 0 Å². The van der Waals surface area contributed by atoms with Gasteiger partial charge in [0.15, 0.2) is 0 Å². The fraction of sp³-hybridized carbons (Fsp3) is 0.250. The molecule has 0 fully saturated rings. The molecule has 0 saturated heterocycles. The van der Waals surface area contributed by atoms with Gasteiger partial charge in [-0.25, -0.2) is 0 Å². The monoisotopic (exact) mass is 350 g/mol. The van der Waals surface area contributed by atoms with Crippen LogP contribution in [0, 0.1) is 13.8 Å². The van der Waals surface area contributed by atoms with Gasteiger partial charge < -0.3 is 0 Å². The van der Waals surface area contributed by atoms with Gasteiger partial charge in [0.25, 0.3) is 0 Å². The van der Waals surface area contributed by atoms with E-state index >= 15 is 0 Å². The Hall–Kier alpha value is -0.810. The van der Waals surface area contributed by atoms with Crippen molar-refractivity contribution in [3.8, 4) is 0 Å². The number of nitrogens with two attached hydrogens (primary N) is 1. The van der Waals surface area contributed by atoms with Crippen molar-refractivity contribution >= 4 is 27.7 Å². The first kappa shape index (κ1) is 15.6. The highest BCUT2D eigenvalue weighted by Gasteiger charge is 2.13. The fourth-order valence-corrected chi connectivity index (χ4v) is 3.32. The Morgan fingerprint density at radius 1 is 1.15 bits per heavy atom. The van der Waals surface area contributed by atoms with Crippen molar-refractivity contribution in [3.05, 3.63) is 63.6 Å². The van der Waals surface area contributed by atoms with Crippen molar-refractivity contribution in [3.63, 3.8) is 0 Å². The Morgan fingerprint density at radius 3 is 2.50 bits per heavy atom. The quantitative estimate of drug-likeness (QED) is 0.477. The summed E-state index contributed by atoms with van der Waals surface area (Å²) >= 11 is 5.26. The summed E-state index contributed by atoms with van der Waals surface area (Å²) in [5, 5.41) is 0.